The minimum atomic E-state index is -0.231. The van der Waals surface area contributed by atoms with E-state index >= 15 is 0 Å². The van der Waals surface area contributed by atoms with Crippen molar-refractivity contribution in [2.45, 2.75) is 33.6 Å². The third-order valence-electron chi connectivity index (χ3n) is 5.27. The first-order chi connectivity index (χ1) is 13.4. The minimum absolute atomic E-state index is 0.0403. The fourth-order valence-corrected chi connectivity index (χ4v) is 3.74. The van der Waals surface area contributed by atoms with E-state index in [1.165, 1.54) is 5.56 Å². The summed E-state index contributed by atoms with van der Waals surface area (Å²) in [6.45, 7) is 7.78. The zero-order valence-corrected chi connectivity index (χ0v) is 17.1. The van der Waals surface area contributed by atoms with Crippen molar-refractivity contribution in [2.24, 2.45) is 11.8 Å². The van der Waals surface area contributed by atoms with Gasteiger partial charge in [0.2, 0.25) is 11.8 Å². The Morgan fingerprint density at radius 1 is 1.14 bits per heavy atom. The SMILES string of the molecule is Cc1ccc(-c2ccccc2C[C@@H]2CN(C(=O)CC(C)C)CCNC2=O)cc1. The number of nitrogens with zero attached hydrogens (tertiary/aromatic N) is 1. The summed E-state index contributed by atoms with van der Waals surface area (Å²) >= 11 is 0. The van der Waals surface area contributed by atoms with Crippen molar-refractivity contribution in [1.82, 2.24) is 10.2 Å². The van der Waals surface area contributed by atoms with E-state index in [4.69, 9.17) is 0 Å². The molecule has 3 rings (SSSR count). The molecule has 2 amide bonds. The molecular weight excluding hydrogens is 348 g/mol. The van der Waals surface area contributed by atoms with Crippen LogP contribution in [0.4, 0.5) is 0 Å². The van der Waals surface area contributed by atoms with Crippen LogP contribution in [0.25, 0.3) is 11.1 Å². The van der Waals surface area contributed by atoms with Gasteiger partial charge < -0.3 is 10.2 Å². The maximum absolute atomic E-state index is 12.7. The van der Waals surface area contributed by atoms with Gasteiger partial charge in [0.25, 0.3) is 0 Å². The Morgan fingerprint density at radius 2 is 1.86 bits per heavy atom. The Bertz CT molecular complexity index is 827. The second-order valence-corrected chi connectivity index (χ2v) is 8.15. The highest BCUT2D eigenvalue weighted by atomic mass is 16.2. The highest BCUT2D eigenvalue weighted by molar-refractivity contribution is 5.82. The lowest BCUT2D eigenvalue weighted by Crippen LogP contribution is -2.37. The van der Waals surface area contributed by atoms with Crippen molar-refractivity contribution in [2.75, 3.05) is 19.6 Å². The molecular formula is C24H30N2O2. The first kappa shape index (κ1) is 20.1. The van der Waals surface area contributed by atoms with Crippen molar-refractivity contribution in [1.29, 1.82) is 0 Å². The zero-order chi connectivity index (χ0) is 20.1. The Balaban J connectivity index is 1.82. The van der Waals surface area contributed by atoms with Crippen molar-refractivity contribution in [3.63, 3.8) is 0 Å². The number of amides is 2. The molecule has 1 aliphatic rings. The molecule has 1 atom stereocenters. The van der Waals surface area contributed by atoms with Crippen molar-refractivity contribution >= 4 is 11.8 Å². The normalized spacial score (nSPS) is 17.4. The van der Waals surface area contributed by atoms with Gasteiger partial charge in [-0.05, 0) is 36.0 Å². The largest absolute Gasteiger partial charge is 0.354 e. The van der Waals surface area contributed by atoms with Gasteiger partial charge in [0.1, 0.15) is 0 Å². The van der Waals surface area contributed by atoms with Gasteiger partial charge in [0.05, 0.1) is 5.92 Å². The van der Waals surface area contributed by atoms with Gasteiger partial charge >= 0.3 is 0 Å². The van der Waals surface area contributed by atoms with Crippen LogP contribution in [0.5, 0.6) is 0 Å². The molecule has 0 aromatic heterocycles. The molecule has 0 bridgehead atoms. The monoisotopic (exact) mass is 378 g/mol. The molecule has 1 fully saturated rings. The first-order valence-electron chi connectivity index (χ1n) is 10.1. The molecule has 148 valence electrons. The lowest BCUT2D eigenvalue weighted by Gasteiger charge is -2.24. The molecule has 0 aliphatic carbocycles. The summed E-state index contributed by atoms with van der Waals surface area (Å²) in [4.78, 5) is 27.1. The number of rotatable bonds is 5. The van der Waals surface area contributed by atoms with E-state index < -0.39 is 0 Å². The third-order valence-corrected chi connectivity index (χ3v) is 5.27. The number of nitrogens with one attached hydrogen (secondary N) is 1. The molecule has 28 heavy (non-hydrogen) atoms. The van der Waals surface area contributed by atoms with Gasteiger partial charge in [-0.3, -0.25) is 9.59 Å². The molecule has 1 N–H and O–H groups in total. The van der Waals surface area contributed by atoms with Gasteiger partial charge in [-0.15, -0.1) is 0 Å². The summed E-state index contributed by atoms with van der Waals surface area (Å²) in [5.41, 5.74) is 4.68. The zero-order valence-electron chi connectivity index (χ0n) is 17.1. The van der Waals surface area contributed by atoms with Crippen LogP contribution in [-0.4, -0.2) is 36.3 Å². The number of carbonyl (C=O) groups is 2. The maximum Gasteiger partial charge on any atom is 0.225 e. The van der Waals surface area contributed by atoms with E-state index in [0.717, 1.165) is 16.7 Å². The van der Waals surface area contributed by atoms with Crippen LogP contribution < -0.4 is 5.32 Å². The molecule has 2 aromatic carbocycles. The summed E-state index contributed by atoms with van der Waals surface area (Å²) in [5, 5.41) is 2.99. The van der Waals surface area contributed by atoms with E-state index in [0.29, 0.717) is 38.4 Å². The molecule has 4 heteroatoms. The van der Waals surface area contributed by atoms with E-state index in [9.17, 15) is 9.59 Å². The molecule has 0 spiro atoms. The smallest absolute Gasteiger partial charge is 0.225 e. The van der Waals surface area contributed by atoms with Gasteiger partial charge in [-0.2, -0.15) is 0 Å². The van der Waals surface area contributed by atoms with Crippen LogP contribution in [0.2, 0.25) is 0 Å². The quantitative estimate of drug-likeness (QED) is 0.860. The average Bonchev–Trinajstić information content (AvgIpc) is 2.84. The summed E-state index contributed by atoms with van der Waals surface area (Å²) in [6, 6.07) is 16.7. The molecule has 1 aliphatic heterocycles. The number of benzene rings is 2. The van der Waals surface area contributed by atoms with E-state index in [-0.39, 0.29) is 17.7 Å². The van der Waals surface area contributed by atoms with E-state index in [1.54, 1.807) is 0 Å². The Labute approximate surface area is 167 Å². The lowest BCUT2D eigenvalue weighted by atomic mass is 9.91. The summed E-state index contributed by atoms with van der Waals surface area (Å²) in [7, 11) is 0. The second kappa shape index (κ2) is 9.05. The topological polar surface area (TPSA) is 49.4 Å². The van der Waals surface area contributed by atoms with Gasteiger partial charge in [0, 0.05) is 26.1 Å². The summed E-state index contributed by atoms with van der Waals surface area (Å²) in [5.74, 6) is 0.271. The predicted molar refractivity (Wildman–Crippen MR) is 113 cm³/mol. The van der Waals surface area contributed by atoms with Gasteiger partial charge in [0.15, 0.2) is 0 Å². The van der Waals surface area contributed by atoms with Crippen LogP contribution >= 0.6 is 0 Å². The van der Waals surface area contributed by atoms with E-state index in [1.807, 2.05) is 17.0 Å². The molecule has 0 saturated carbocycles. The molecule has 4 nitrogen and oxygen atoms in total. The predicted octanol–water partition coefficient (Wildman–Crippen LogP) is 3.83. The van der Waals surface area contributed by atoms with Gasteiger partial charge in [-0.25, -0.2) is 0 Å². The van der Waals surface area contributed by atoms with Crippen LogP contribution in [0.3, 0.4) is 0 Å². The maximum atomic E-state index is 12.7. The van der Waals surface area contributed by atoms with Crippen LogP contribution in [-0.2, 0) is 16.0 Å². The summed E-state index contributed by atoms with van der Waals surface area (Å²) in [6.07, 6.45) is 1.15. The fraction of sp³-hybridized carbons (Fsp3) is 0.417. The third kappa shape index (κ3) is 5.00. The highest BCUT2D eigenvalue weighted by Crippen LogP contribution is 2.27. The van der Waals surface area contributed by atoms with Crippen LogP contribution in [0, 0.1) is 18.8 Å². The Hall–Kier alpha value is -2.62. The fourth-order valence-electron chi connectivity index (χ4n) is 3.74. The number of hydrogen-bond donors (Lipinski definition) is 1. The van der Waals surface area contributed by atoms with E-state index in [2.05, 4.69) is 62.5 Å². The standard InChI is InChI=1S/C24H30N2O2/c1-17(2)14-23(27)26-13-12-25-24(28)21(16-26)15-20-6-4-5-7-22(20)19-10-8-18(3)9-11-19/h4-11,17,21H,12-16H2,1-3H3,(H,25,28)/t21-/m1/s1. The molecule has 2 aromatic rings. The Kier molecular flexibility index (Phi) is 6.50. The van der Waals surface area contributed by atoms with Gasteiger partial charge in [-0.1, -0.05) is 67.9 Å². The summed E-state index contributed by atoms with van der Waals surface area (Å²) < 4.78 is 0. The molecule has 1 saturated heterocycles. The lowest BCUT2D eigenvalue weighted by molar-refractivity contribution is -0.132. The first-order valence-corrected chi connectivity index (χ1v) is 10.1. The molecule has 1 heterocycles. The molecule has 0 unspecified atom stereocenters. The number of carbonyl (C=O) groups excluding carboxylic acids is 2. The molecule has 0 radical (unpaired) electrons. The van der Waals surface area contributed by atoms with Crippen LogP contribution in [0.1, 0.15) is 31.4 Å². The second-order valence-electron chi connectivity index (χ2n) is 8.15. The van der Waals surface area contributed by atoms with Crippen molar-refractivity contribution in [3.05, 3.63) is 59.7 Å². The highest BCUT2D eigenvalue weighted by Gasteiger charge is 2.28. The van der Waals surface area contributed by atoms with Crippen LogP contribution in [0.15, 0.2) is 48.5 Å². The number of hydrogen-bond acceptors (Lipinski definition) is 2. The number of aryl methyl sites for hydroxylation is 1. The minimum Gasteiger partial charge on any atom is -0.354 e. The Morgan fingerprint density at radius 3 is 2.57 bits per heavy atom. The van der Waals surface area contributed by atoms with Crippen molar-refractivity contribution < 1.29 is 9.59 Å². The average molecular weight is 379 g/mol. The van der Waals surface area contributed by atoms with Crippen molar-refractivity contribution in [3.8, 4) is 11.1 Å².